The molecule has 1 saturated carbocycles. The van der Waals surface area contributed by atoms with Crippen molar-refractivity contribution >= 4 is 23.6 Å². The number of ketones is 1. The van der Waals surface area contributed by atoms with E-state index >= 15 is 0 Å². The number of Topliss-reactive ketones (excluding diaryl/α,β-unsaturated/α-hetero) is 1. The summed E-state index contributed by atoms with van der Waals surface area (Å²) in [5.41, 5.74) is -0.203. The summed E-state index contributed by atoms with van der Waals surface area (Å²) in [6, 6.07) is 1.01. The maximum absolute atomic E-state index is 13.0. The first-order valence-corrected chi connectivity index (χ1v) is 10.1. The summed E-state index contributed by atoms with van der Waals surface area (Å²) in [4.78, 5) is 56.2. The van der Waals surface area contributed by atoms with Gasteiger partial charge in [0, 0.05) is 24.8 Å². The Hall–Kier alpha value is -2.64. The van der Waals surface area contributed by atoms with Gasteiger partial charge in [0.25, 0.3) is 11.8 Å². The van der Waals surface area contributed by atoms with Crippen LogP contribution in [0.1, 0.15) is 66.3 Å². The molecule has 1 aromatic heterocycles. The van der Waals surface area contributed by atoms with Crippen LogP contribution in [-0.2, 0) is 4.79 Å². The van der Waals surface area contributed by atoms with Crippen molar-refractivity contribution in [2.45, 2.75) is 51.0 Å². The Bertz CT molecular complexity index is 826. The molecule has 4 rings (SSSR count). The maximum atomic E-state index is 13.0. The number of urea groups is 1. The highest BCUT2D eigenvalue weighted by Crippen LogP contribution is 2.38. The molecule has 3 heterocycles. The zero-order valence-corrected chi connectivity index (χ0v) is 16.1. The molecular weight excluding hydrogens is 360 g/mol. The number of carbonyl (C=O) groups excluding carboxylic acids is 4. The van der Waals surface area contributed by atoms with Gasteiger partial charge in [-0.3, -0.25) is 19.3 Å². The molecule has 3 fully saturated rings. The number of hydrogen-bond donors (Lipinski definition) is 2. The van der Waals surface area contributed by atoms with Crippen molar-refractivity contribution in [2.24, 2.45) is 5.92 Å². The van der Waals surface area contributed by atoms with Crippen molar-refractivity contribution in [3.8, 4) is 0 Å². The minimum Gasteiger partial charge on any atom is -0.356 e. The Morgan fingerprint density at radius 1 is 1.18 bits per heavy atom. The molecule has 28 heavy (non-hydrogen) atoms. The summed E-state index contributed by atoms with van der Waals surface area (Å²) in [6.07, 6.45) is 6.88. The normalized spacial score (nSPS) is 27.5. The average Bonchev–Trinajstić information content (AvgIpc) is 3.41. The molecule has 0 bridgehead atoms. The first-order chi connectivity index (χ1) is 13.4. The van der Waals surface area contributed by atoms with E-state index in [4.69, 9.17) is 0 Å². The molecule has 1 aliphatic carbocycles. The first kappa shape index (κ1) is 18.7. The first-order valence-electron chi connectivity index (χ1n) is 10.1. The second-order valence-corrected chi connectivity index (χ2v) is 8.16. The molecule has 150 valence electrons. The fourth-order valence-corrected chi connectivity index (χ4v) is 4.64. The summed E-state index contributed by atoms with van der Waals surface area (Å²) in [5, 5.41) is 2.85. The molecule has 2 N–H and O–H groups in total. The topological polar surface area (TPSA) is 103 Å². The molecular formula is C20H26N4O4. The standard InChI is InChI=1S/C20H26N4O4/c1-13-6-2-3-7-20(13)18(27)24(19(28)22-20)12-16(25)14-10-15(21-11-14)17(26)23-8-4-5-9-23/h10-11,13,21H,2-9,12H2,1H3,(H,22,28)/t13-,20-/m1/s1. The van der Waals surface area contributed by atoms with Crippen LogP contribution < -0.4 is 5.32 Å². The molecule has 0 radical (unpaired) electrons. The molecule has 8 nitrogen and oxygen atoms in total. The zero-order chi connectivity index (χ0) is 19.9. The fourth-order valence-electron chi connectivity index (χ4n) is 4.64. The summed E-state index contributed by atoms with van der Waals surface area (Å²) < 4.78 is 0. The number of amides is 4. The number of aromatic amines is 1. The molecule has 3 aliphatic rings. The van der Waals surface area contributed by atoms with Gasteiger partial charge in [-0.05, 0) is 37.7 Å². The third-order valence-corrected chi connectivity index (χ3v) is 6.43. The van der Waals surface area contributed by atoms with Gasteiger partial charge >= 0.3 is 6.03 Å². The second-order valence-electron chi connectivity index (χ2n) is 8.16. The number of carbonyl (C=O) groups is 4. The zero-order valence-electron chi connectivity index (χ0n) is 16.1. The van der Waals surface area contributed by atoms with E-state index in [1.54, 1.807) is 4.90 Å². The highest BCUT2D eigenvalue weighted by molar-refractivity contribution is 6.11. The molecule has 2 aliphatic heterocycles. The van der Waals surface area contributed by atoms with Crippen molar-refractivity contribution in [3.05, 3.63) is 23.5 Å². The van der Waals surface area contributed by atoms with Crippen molar-refractivity contribution < 1.29 is 19.2 Å². The molecule has 0 aromatic carbocycles. The van der Waals surface area contributed by atoms with Crippen LogP contribution in [0.25, 0.3) is 0 Å². The van der Waals surface area contributed by atoms with E-state index in [0.717, 1.165) is 50.1 Å². The Morgan fingerprint density at radius 3 is 2.64 bits per heavy atom. The molecule has 2 atom stereocenters. The smallest absolute Gasteiger partial charge is 0.325 e. The Kier molecular flexibility index (Phi) is 4.72. The van der Waals surface area contributed by atoms with E-state index in [0.29, 0.717) is 17.7 Å². The third-order valence-electron chi connectivity index (χ3n) is 6.43. The predicted molar refractivity (Wildman–Crippen MR) is 101 cm³/mol. The molecule has 1 spiro atoms. The monoisotopic (exact) mass is 386 g/mol. The molecule has 1 aromatic rings. The van der Waals surface area contributed by atoms with Crippen LogP contribution in [0, 0.1) is 5.92 Å². The number of H-pyrrole nitrogens is 1. The van der Waals surface area contributed by atoms with E-state index in [9.17, 15) is 19.2 Å². The van der Waals surface area contributed by atoms with Gasteiger partial charge in [-0.25, -0.2) is 4.79 Å². The van der Waals surface area contributed by atoms with Gasteiger partial charge < -0.3 is 15.2 Å². The van der Waals surface area contributed by atoms with E-state index in [-0.39, 0.29) is 30.1 Å². The second kappa shape index (κ2) is 7.07. The largest absolute Gasteiger partial charge is 0.356 e. The minimum absolute atomic E-state index is 0.0507. The number of hydrogen-bond acceptors (Lipinski definition) is 4. The van der Waals surface area contributed by atoms with Crippen LogP contribution in [-0.4, -0.2) is 63.6 Å². The molecule has 0 unspecified atom stereocenters. The van der Waals surface area contributed by atoms with Crippen molar-refractivity contribution in [1.29, 1.82) is 0 Å². The van der Waals surface area contributed by atoms with Crippen LogP contribution in [0.4, 0.5) is 4.79 Å². The number of nitrogens with zero attached hydrogens (tertiary/aromatic N) is 2. The van der Waals surface area contributed by atoms with E-state index in [1.807, 2.05) is 6.92 Å². The van der Waals surface area contributed by atoms with Crippen molar-refractivity contribution in [3.63, 3.8) is 0 Å². The van der Waals surface area contributed by atoms with Crippen LogP contribution in [0.2, 0.25) is 0 Å². The minimum atomic E-state index is -0.870. The Morgan fingerprint density at radius 2 is 1.93 bits per heavy atom. The van der Waals surface area contributed by atoms with Crippen LogP contribution in [0.15, 0.2) is 12.3 Å². The van der Waals surface area contributed by atoms with Gasteiger partial charge in [-0.2, -0.15) is 0 Å². The maximum Gasteiger partial charge on any atom is 0.325 e. The lowest BCUT2D eigenvalue weighted by atomic mass is 9.73. The number of aromatic nitrogens is 1. The van der Waals surface area contributed by atoms with Crippen LogP contribution in [0.3, 0.4) is 0 Å². The lowest BCUT2D eigenvalue weighted by Gasteiger charge is -2.36. The van der Waals surface area contributed by atoms with Crippen molar-refractivity contribution in [1.82, 2.24) is 20.1 Å². The fraction of sp³-hybridized carbons (Fsp3) is 0.600. The quantitative estimate of drug-likeness (QED) is 0.610. The van der Waals surface area contributed by atoms with E-state index < -0.39 is 11.6 Å². The molecule has 8 heteroatoms. The van der Waals surface area contributed by atoms with Crippen molar-refractivity contribution in [2.75, 3.05) is 19.6 Å². The lowest BCUT2D eigenvalue weighted by molar-refractivity contribution is -0.133. The van der Waals surface area contributed by atoms with Gasteiger partial charge in [0.2, 0.25) is 0 Å². The van der Waals surface area contributed by atoms with Gasteiger partial charge in [-0.15, -0.1) is 0 Å². The highest BCUT2D eigenvalue weighted by Gasteiger charge is 2.55. The average molecular weight is 386 g/mol. The van der Waals surface area contributed by atoms with Crippen LogP contribution >= 0.6 is 0 Å². The Labute approximate surface area is 163 Å². The van der Waals surface area contributed by atoms with Gasteiger partial charge in [-0.1, -0.05) is 19.8 Å². The highest BCUT2D eigenvalue weighted by atomic mass is 16.2. The number of nitrogens with one attached hydrogen (secondary N) is 2. The summed E-state index contributed by atoms with van der Waals surface area (Å²) in [7, 11) is 0. The number of rotatable bonds is 4. The van der Waals surface area contributed by atoms with Gasteiger partial charge in [0.05, 0.1) is 6.54 Å². The summed E-state index contributed by atoms with van der Waals surface area (Å²) in [6.45, 7) is 3.12. The predicted octanol–water partition coefficient (Wildman–Crippen LogP) is 1.93. The molecule has 4 amide bonds. The SMILES string of the molecule is C[C@@H]1CCCC[C@@]12NC(=O)N(CC(=O)c1c[nH]c(C(=O)N3CCCC3)c1)C2=O. The number of likely N-dealkylation sites (tertiary alicyclic amines) is 1. The van der Waals surface area contributed by atoms with Gasteiger partial charge in [0.1, 0.15) is 11.2 Å². The third kappa shape index (κ3) is 3.00. The number of imide groups is 1. The lowest BCUT2D eigenvalue weighted by Crippen LogP contribution is -2.54. The molecule has 2 saturated heterocycles. The van der Waals surface area contributed by atoms with Crippen LogP contribution in [0.5, 0.6) is 0 Å². The van der Waals surface area contributed by atoms with Gasteiger partial charge in [0.15, 0.2) is 5.78 Å². The summed E-state index contributed by atoms with van der Waals surface area (Å²) >= 11 is 0. The van der Waals surface area contributed by atoms with E-state index in [2.05, 4.69) is 10.3 Å². The van der Waals surface area contributed by atoms with E-state index in [1.165, 1.54) is 12.3 Å². The Balaban J connectivity index is 1.46. The summed E-state index contributed by atoms with van der Waals surface area (Å²) in [5.74, 6) is -0.737.